The number of hydrogen-bond donors (Lipinski definition) is 1. The van der Waals surface area contributed by atoms with Crippen molar-refractivity contribution in [2.45, 2.75) is 25.8 Å². The van der Waals surface area contributed by atoms with Gasteiger partial charge in [-0.2, -0.15) is 0 Å². The van der Waals surface area contributed by atoms with E-state index in [1.54, 1.807) is 0 Å². The van der Waals surface area contributed by atoms with Crippen LogP contribution in [0.25, 0.3) is 0 Å². The molecule has 0 aliphatic heterocycles. The third-order valence-corrected chi connectivity index (χ3v) is 3.45. The van der Waals surface area contributed by atoms with E-state index >= 15 is 0 Å². The molecule has 6 heteroatoms. The van der Waals surface area contributed by atoms with Crippen molar-refractivity contribution in [2.24, 2.45) is 5.92 Å². The van der Waals surface area contributed by atoms with Crippen LogP contribution in [0.1, 0.15) is 24.8 Å². The first-order valence-corrected chi connectivity index (χ1v) is 6.42. The van der Waals surface area contributed by atoms with Crippen molar-refractivity contribution in [3.05, 3.63) is 35.4 Å². The van der Waals surface area contributed by atoms with Crippen LogP contribution < -0.4 is 0 Å². The second-order valence-corrected chi connectivity index (χ2v) is 4.96. The fourth-order valence-electron chi connectivity index (χ4n) is 2.15. The van der Waals surface area contributed by atoms with Crippen molar-refractivity contribution in [3.63, 3.8) is 0 Å². The molecule has 1 aromatic carbocycles. The maximum atomic E-state index is 13.1. The van der Waals surface area contributed by atoms with E-state index in [2.05, 4.69) is 0 Å². The van der Waals surface area contributed by atoms with Crippen molar-refractivity contribution in [1.82, 2.24) is 4.90 Å². The number of halogens is 2. The Bertz CT molecular complexity index is 529. The Morgan fingerprint density at radius 1 is 1.25 bits per heavy atom. The number of aliphatic carboxylic acids is 1. The summed E-state index contributed by atoms with van der Waals surface area (Å²) in [5.41, 5.74) is 0.373. The summed E-state index contributed by atoms with van der Waals surface area (Å²) in [4.78, 5) is 24.1. The van der Waals surface area contributed by atoms with E-state index < -0.39 is 24.1 Å². The van der Waals surface area contributed by atoms with E-state index in [0.29, 0.717) is 5.56 Å². The number of carboxylic acids is 1. The molecule has 0 saturated heterocycles. The second kappa shape index (κ2) is 5.98. The minimum absolute atomic E-state index is 0.0289. The standard InChI is InChI=1S/C14H15F2NO3/c15-11-5-4-9(6-12(11)16)7-17(8-13(18)19)14(20)10-2-1-3-10/h4-6,10H,1-3,7-8H2,(H,18,19). The molecule has 0 bridgehead atoms. The maximum absolute atomic E-state index is 13.1. The summed E-state index contributed by atoms with van der Waals surface area (Å²) < 4.78 is 26.0. The first-order chi connectivity index (χ1) is 9.47. The second-order valence-electron chi connectivity index (χ2n) is 4.96. The fraction of sp³-hybridized carbons (Fsp3) is 0.429. The highest BCUT2D eigenvalue weighted by Crippen LogP contribution is 2.28. The lowest BCUT2D eigenvalue weighted by molar-refractivity contribution is -0.148. The monoisotopic (exact) mass is 283 g/mol. The van der Waals surface area contributed by atoms with Gasteiger partial charge in [-0.3, -0.25) is 9.59 Å². The largest absolute Gasteiger partial charge is 0.480 e. The van der Waals surface area contributed by atoms with Gasteiger partial charge in [0, 0.05) is 12.5 Å². The Hall–Kier alpha value is -1.98. The van der Waals surface area contributed by atoms with E-state index in [-0.39, 0.29) is 18.4 Å². The molecule has 0 aromatic heterocycles. The molecule has 1 aliphatic rings. The molecule has 0 heterocycles. The normalized spacial score (nSPS) is 14.7. The van der Waals surface area contributed by atoms with Gasteiger partial charge in [0.2, 0.25) is 5.91 Å². The summed E-state index contributed by atoms with van der Waals surface area (Å²) in [6.07, 6.45) is 2.47. The van der Waals surface area contributed by atoms with Gasteiger partial charge in [-0.05, 0) is 30.5 Å². The molecule has 1 saturated carbocycles. The first kappa shape index (κ1) is 14.4. The van der Waals surface area contributed by atoms with Crippen molar-refractivity contribution >= 4 is 11.9 Å². The van der Waals surface area contributed by atoms with Crippen LogP contribution in [-0.2, 0) is 16.1 Å². The predicted molar refractivity (Wildman–Crippen MR) is 66.8 cm³/mol. The SMILES string of the molecule is O=C(O)CN(Cc1ccc(F)c(F)c1)C(=O)C1CCC1. The Kier molecular flexibility index (Phi) is 4.32. The minimum Gasteiger partial charge on any atom is -0.480 e. The van der Waals surface area contributed by atoms with Crippen LogP contribution >= 0.6 is 0 Å². The third-order valence-electron chi connectivity index (χ3n) is 3.45. The van der Waals surface area contributed by atoms with Gasteiger partial charge in [0.1, 0.15) is 6.54 Å². The molecular formula is C14H15F2NO3. The van der Waals surface area contributed by atoms with Gasteiger partial charge in [0.05, 0.1) is 0 Å². The van der Waals surface area contributed by atoms with Gasteiger partial charge >= 0.3 is 5.97 Å². The topological polar surface area (TPSA) is 57.6 Å². The number of benzene rings is 1. The van der Waals surface area contributed by atoms with Gasteiger partial charge in [-0.1, -0.05) is 12.5 Å². The minimum atomic E-state index is -1.12. The highest BCUT2D eigenvalue weighted by molar-refractivity contribution is 5.83. The molecule has 0 unspecified atom stereocenters. The lowest BCUT2D eigenvalue weighted by Gasteiger charge is -2.30. The third kappa shape index (κ3) is 3.31. The zero-order valence-corrected chi connectivity index (χ0v) is 10.8. The van der Waals surface area contributed by atoms with Crippen LogP contribution in [-0.4, -0.2) is 28.4 Å². The summed E-state index contributed by atoms with van der Waals surface area (Å²) >= 11 is 0. The number of hydrogen-bond acceptors (Lipinski definition) is 2. The molecule has 1 N–H and O–H groups in total. The number of carbonyl (C=O) groups excluding carboxylic acids is 1. The van der Waals surface area contributed by atoms with Crippen molar-refractivity contribution in [1.29, 1.82) is 0 Å². The van der Waals surface area contributed by atoms with Gasteiger partial charge in [0.15, 0.2) is 11.6 Å². The van der Waals surface area contributed by atoms with Crippen molar-refractivity contribution in [3.8, 4) is 0 Å². The van der Waals surface area contributed by atoms with Crippen LogP contribution in [0.15, 0.2) is 18.2 Å². The molecule has 1 aromatic rings. The zero-order chi connectivity index (χ0) is 14.7. The lowest BCUT2D eigenvalue weighted by Crippen LogP contribution is -2.41. The van der Waals surface area contributed by atoms with Crippen LogP contribution in [0.4, 0.5) is 8.78 Å². The quantitative estimate of drug-likeness (QED) is 0.901. The van der Waals surface area contributed by atoms with Gasteiger partial charge in [0.25, 0.3) is 0 Å². The molecule has 0 atom stereocenters. The average molecular weight is 283 g/mol. The van der Waals surface area contributed by atoms with Crippen LogP contribution in [0.3, 0.4) is 0 Å². The highest BCUT2D eigenvalue weighted by Gasteiger charge is 2.30. The Balaban J connectivity index is 2.11. The summed E-state index contributed by atoms with van der Waals surface area (Å²) in [7, 11) is 0. The number of rotatable bonds is 5. The molecule has 108 valence electrons. The van der Waals surface area contributed by atoms with Crippen LogP contribution in [0.2, 0.25) is 0 Å². The number of amides is 1. The number of nitrogens with zero attached hydrogens (tertiary/aromatic N) is 1. The lowest BCUT2D eigenvalue weighted by atomic mass is 9.84. The molecule has 0 spiro atoms. The number of carboxylic acid groups (broad SMARTS) is 1. The van der Waals surface area contributed by atoms with Crippen molar-refractivity contribution in [2.75, 3.05) is 6.54 Å². The van der Waals surface area contributed by atoms with Gasteiger partial charge in [-0.25, -0.2) is 8.78 Å². The molecule has 20 heavy (non-hydrogen) atoms. The van der Waals surface area contributed by atoms with Crippen molar-refractivity contribution < 1.29 is 23.5 Å². The molecular weight excluding hydrogens is 268 g/mol. The predicted octanol–water partition coefficient (Wildman–Crippen LogP) is 2.18. The Morgan fingerprint density at radius 2 is 1.95 bits per heavy atom. The average Bonchev–Trinajstić information content (AvgIpc) is 2.30. The smallest absolute Gasteiger partial charge is 0.323 e. The summed E-state index contributed by atoms with van der Waals surface area (Å²) in [6, 6.07) is 3.30. The van der Waals surface area contributed by atoms with Gasteiger partial charge < -0.3 is 10.0 Å². The summed E-state index contributed by atoms with van der Waals surface area (Å²) in [6.45, 7) is -0.465. The zero-order valence-electron chi connectivity index (χ0n) is 10.8. The van der Waals surface area contributed by atoms with E-state index in [1.165, 1.54) is 11.0 Å². The van der Waals surface area contributed by atoms with E-state index in [4.69, 9.17) is 5.11 Å². The fourth-order valence-corrected chi connectivity index (χ4v) is 2.15. The first-order valence-electron chi connectivity index (χ1n) is 6.42. The van der Waals surface area contributed by atoms with E-state index in [1.807, 2.05) is 0 Å². The molecule has 1 amide bonds. The van der Waals surface area contributed by atoms with E-state index in [9.17, 15) is 18.4 Å². The molecule has 0 radical (unpaired) electrons. The maximum Gasteiger partial charge on any atom is 0.323 e. The molecule has 1 aliphatic carbocycles. The van der Waals surface area contributed by atoms with E-state index in [0.717, 1.165) is 31.4 Å². The molecule has 2 rings (SSSR count). The summed E-state index contributed by atoms with van der Waals surface area (Å²) in [5, 5.41) is 8.85. The Morgan fingerprint density at radius 3 is 2.45 bits per heavy atom. The molecule has 1 fully saturated rings. The van der Waals surface area contributed by atoms with Crippen LogP contribution in [0.5, 0.6) is 0 Å². The molecule has 4 nitrogen and oxygen atoms in total. The van der Waals surface area contributed by atoms with Gasteiger partial charge in [-0.15, -0.1) is 0 Å². The highest BCUT2D eigenvalue weighted by atomic mass is 19.2. The van der Waals surface area contributed by atoms with Crippen LogP contribution in [0, 0.1) is 17.6 Å². The number of carbonyl (C=O) groups is 2. The summed E-state index contributed by atoms with van der Waals surface area (Å²) in [5.74, 6) is -3.47. The Labute approximate surface area is 115 Å².